The molecule has 1 aromatic carbocycles. The highest BCUT2D eigenvalue weighted by atomic mass is 16.4. The maximum atomic E-state index is 11.8. The minimum Gasteiger partial charge on any atom is -0.480 e. The van der Waals surface area contributed by atoms with Crippen LogP contribution in [0.2, 0.25) is 0 Å². The molecule has 0 saturated carbocycles. The number of hydrogen-bond donors (Lipinski definition) is 2. The molecule has 0 radical (unpaired) electrons. The molecule has 1 unspecified atom stereocenters. The topological polar surface area (TPSA) is 98.4 Å². The molecule has 0 amide bonds. The summed E-state index contributed by atoms with van der Waals surface area (Å²) in [4.78, 5) is 23.1. The van der Waals surface area contributed by atoms with Gasteiger partial charge < -0.3 is 10.2 Å². The lowest BCUT2D eigenvalue weighted by molar-refractivity contribution is -0.142. The van der Waals surface area contributed by atoms with E-state index in [1.807, 2.05) is 6.07 Å². The third kappa shape index (κ3) is 2.56. The molecular formula is C16H13NO4. The zero-order valence-electron chi connectivity index (χ0n) is 11.3. The van der Waals surface area contributed by atoms with E-state index in [1.54, 1.807) is 25.1 Å². The average Bonchev–Trinajstić information content (AvgIpc) is 2.46. The van der Waals surface area contributed by atoms with Gasteiger partial charge in [0.1, 0.15) is 5.41 Å². The van der Waals surface area contributed by atoms with E-state index in [2.05, 4.69) is 0 Å². The summed E-state index contributed by atoms with van der Waals surface area (Å²) in [6, 6.07) is 8.23. The van der Waals surface area contributed by atoms with Crippen LogP contribution in [0.5, 0.6) is 0 Å². The maximum Gasteiger partial charge on any atom is 0.331 e. The van der Waals surface area contributed by atoms with E-state index in [1.165, 1.54) is 18.2 Å². The lowest BCUT2D eigenvalue weighted by Crippen LogP contribution is -2.37. The van der Waals surface area contributed by atoms with Gasteiger partial charge in [0.05, 0.1) is 11.6 Å². The van der Waals surface area contributed by atoms with Crippen LogP contribution in [0.25, 0.3) is 0 Å². The highest BCUT2D eigenvalue weighted by molar-refractivity contribution is 5.93. The van der Waals surface area contributed by atoms with Crippen LogP contribution >= 0.6 is 0 Å². The first kappa shape index (κ1) is 14.5. The van der Waals surface area contributed by atoms with Crippen LogP contribution in [0.4, 0.5) is 0 Å². The first-order valence-electron chi connectivity index (χ1n) is 6.26. The standard InChI is InChI=1S/C16H13NO4/c1-10-5-12(14(18)19)8-16(7-10,15(20)21)13-4-2-3-11(6-13)9-17/h2-7H,8H2,1H3,(H,18,19)(H,20,21). The number of carboxylic acid groups (broad SMARTS) is 2. The van der Waals surface area contributed by atoms with Crippen molar-refractivity contribution in [2.75, 3.05) is 0 Å². The number of hydrogen-bond acceptors (Lipinski definition) is 3. The number of carbonyl (C=O) groups is 2. The fourth-order valence-corrected chi connectivity index (χ4v) is 2.56. The first-order valence-corrected chi connectivity index (χ1v) is 6.26. The van der Waals surface area contributed by atoms with Crippen LogP contribution in [-0.2, 0) is 15.0 Å². The van der Waals surface area contributed by atoms with Crippen LogP contribution in [0.15, 0.2) is 47.6 Å². The van der Waals surface area contributed by atoms with Crippen LogP contribution in [0.3, 0.4) is 0 Å². The SMILES string of the molecule is CC1=CC(C(=O)O)(c2cccc(C#N)c2)CC(C(=O)O)=C1. The largest absolute Gasteiger partial charge is 0.480 e. The molecule has 2 N–H and O–H groups in total. The van der Waals surface area contributed by atoms with Crippen molar-refractivity contribution < 1.29 is 19.8 Å². The number of nitriles is 1. The normalized spacial score (nSPS) is 21.0. The minimum atomic E-state index is -1.46. The summed E-state index contributed by atoms with van der Waals surface area (Å²) in [6.07, 6.45) is 2.86. The van der Waals surface area contributed by atoms with Gasteiger partial charge in [-0.2, -0.15) is 5.26 Å². The van der Waals surface area contributed by atoms with Crippen molar-refractivity contribution in [2.24, 2.45) is 0 Å². The Hall–Kier alpha value is -2.87. The zero-order valence-corrected chi connectivity index (χ0v) is 11.3. The molecule has 5 heteroatoms. The Labute approximate surface area is 121 Å². The van der Waals surface area contributed by atoms with E-state index in [-0.39, 0.29) is 12.0 Å². The minimum absolute atomic E-state index is 0.0414. The monoisotopic (exact) mass is 283 g/mol. The fourth-order valence-electron chi connectivity index (χ4n) is 2.56. The van der Waals surface area contributed by atoms with Gasteiger partial charge in [-0.1, -0.05) is 23.8 Å². The van der Waals surface area contributed by atoms with Crippen LogP contribution in [-0.4, -0.2) is 22.2 Å². The van der Waals surface area contributed by atoms with E-state index in [0.717, 1.165) is 0 Å². The summed E-state index contributed by atoms with van der Waals surface area (Å²) in [6.45, 7) is 1.66. The first-order chi connectivity index (χ1) is 9.89. The summed E-state index contributed by atoms with van der Waals surface area (Å²) in [7, 11) is 0. The Kier molecular flexibility index (Phi) is 3.64. The van der Waals surface area contributed by atoms with Crippen molar-refractivity contribution in [1.29, 1.82) is 5.26 Å². The quantitative estimate of drug-likeness (QED) is 0.886. The van der Waals surface area contributed by atoms with Crippen molar-refractivity contribution in [3.8, 4) is 6.07 Å². The molecule has 0 saturated heterocycles. The van der Waals surface area contributed by atoms with Crippen molar-refractivity contribution >= 4 is 11.9 Å². The van der Waals surface area contributed by atoms with Crippen molar-refractivity contribution in [2.45, 2.75) is 18.8 Å². The van der Waals surface area contributed by atoms with E-state index in [9.17, 15) is 19.8 Å². The number of allylic oxidation sites excluding steroid dienone is 2. The number of rotatable bonds is 3. The average molecular weight is 283 g/mol. The molecule has 21 heavy (non-hydrogen) atoms. The predicted octanol–water partition coefficient (Wildman–Crippen LogP) is 2.24. The van der Waals surface area contributed by atoms with Crippen LogP contribution in [0.1, 0.15) is 24.5 Å². The second kappa shape index (κ2) is 5.25. The molecule has 0 bridgehead atoms. The Morgan fingerprint density at radius 2 is 2.05 bits per heavy atom. The summed E-state index contributed by atoms with van der Waals surface area (Å²) in [5.41, 5.74) is -0.103. The van der Waals surface area contributed by atoms with Gasteiger partial charge in [0, 0.05) is 12.0 Å². The van der Waals surface area contributed by atoms with Gasteiger partial charge in [-0.15, -0.1) is 0 Å². The molecule has 0 aromatic heterocycles. The second-order valence-electron chi connectivity index (χ2n) is 5.01. The van der Waals surface area contributed by atoms with Gasteiger partial charge >= 0.3 is 11.9 Å². The van der Waals surface area contributed by atoms with E-state index in [4.69, 9.17) is 5.26 Å². The molecule has 106 valence electrons. The molecular weight excluding hydrogens is 270 g/mol. The van der Waals surface area contributed by atoms with Crippen molar-refractivity contribution in [3.05, 3.63) is 58.7 Å². The lowest BCUT2D eigenvalue weighted by Gasteiger charge is -2.30. The highest BCUT2D eigenvalue weighted by Crippen LogP contribution is 2.38. The summed E-state index contributed by atoms with van der Waals surface area (Å²) >= 11 is 0. The van der Waals surface area contributed by atoms with Gasteiger partial charge in [-0.05, 0) is 30.7 Å². The summed E-state index contributed by atoms with van der Waals surface area (Å²) in [5, 5.41) is 27.8. The molecule has 0 fully saturated rings. The van der Waals surface area contributed by atoms with Crippen molar-refractivity contribution in [1.82, 2.24) is 0 Å². The molecule has 0 heterocycles. The Morgan fingerprint density at radius 3 is 2.62 bits per heavy atom. The van der Waals surface area contributed by atoms with E-state index < -0.39 is 17.4 Å². The van der Waals surface area contributed by atoms with Crippen LogP contribution < -0.4 is 0 Å². The smallest absolute Gasteiger partial charge is 0.331 e. The Bertz CT molecular complexity index is 724. The Balaban J connectivity index is 2.63. The summed E-state index contributed by atoms with van der Waals surface area (Å²) in [5.74, 6) is -2.27. The van der Waals surface area contributed by atoms with Crippen molar-refractivity contribution in [3.63, 3.8) is 0 Å². The zero-order chi connectivity index (χ0) is 15.6. The molecule has 5 nitrogen and oxygen atoms in total. The third-order valence-electron chi connectivity index (χ3n) is 3.51. The van der Waals surface area contributed by atoms with Crippen LogP contribution in [0, 0.1) is 11.3 Å². The van der Waals surface area contributed by atoms with E-state index >= 15 is 0 Å². The molecule has 1 atom stereocenters. The molecule has 2 rings (SSSR count). The molecule has 1 aliphatic carbocycles. The third-order valence-corrected chi connectivity index (χ3v) is 3.51. The Morgan fingerprint density at radius 1 is 1.33 bits per heavy atom. The van der Waals surface area contributed by atoms with Gasteiger partial charge in [-0.25, -0.2) is 4.79 Å². The second-order valence-corrected chi connectivity index (χ2v) is 5.01. The molecule has 0 spiro atoms. The van der Waals surface area contributed by atoms with Gasteiger partial charge in [0.2, 0.25) is 0 Å². The molecule has 1 aliphatic rings. The number of aliphatic carboxylic acids is 2. The number of carboxylic acids is 2. The van der Waals surface area contributed by atoms with Gasteiger partial charge in [0.25, 0.3) is 0 Å². The van der Waals surface area contributed by atoms with Gasteiger partial charge in [-0.3, -0.25) is 4.79 Å². The number of nitrogens with zero attached hydrogens (tertiary/aromatic N) is 1. The van der Waals surface area contributed by atoms with E-state index in [0.29, 0.717) is 16.7 Å². The lowest BCUT2D eigenvalue weighted by atomic mass is 9.71. The maximum absolute atomic E-state index is 11.8. The fraction of sp³-hybridized carbons (Fsp3) is 0.188. The predicted molar refractivity (Wildman–Crippen MR) is 74.6 cm³/mol. The summed E-state index contributed by atoms with van der Waals surface area (Å²) < 4.78 is 0. The van der Waals surface area contributed by atoms with Gasteiger partial charge in [0.15, 0.2) is 0 Å². The highest BCUT2D eigenvalue weighted by Gasteiger charge is 2.42. The number of benzene rings is 1. The molecule has 1 aromatic rings. The molecule has 0 aliphatic heterocycles.